The van der Waals surface area contributed by atoms with Gasteiger partial charge in [0.15, 0.2) is 11.6 Å². The van der Waals surface area contributed by atoms with Crippen LogP contribution in [0, 0.1) is 45.8 Å². The third kappa shape index (κ3) is 2.74. The van der Waals surface area contributed by atoms with Crippen molar-refractivity contribution in [1.29, 1.82) is 0 Å². The van der Waals surface area contributed by atoms with Gasteiger partial charge in [0.2, 0.25) is 0 Å². The van der Waals surface area contributed by atoms with Gasteiger partial charge in [-0.25, -0.2) is 0 Å². The molecule has 172 valence electrons. The highest BCUT2D eigenvalue weighted by molar-refractivity contribution is 6.08. The molecular weight excluding hydrogens is 384 g/mol. The second-order valence-corrected chi connectivity index (χ2v) is 12.7. The van der Waals surface area contributed by atoms with Crippen LogP contribution in [0.5, 0.6) is 0 Å². The van der Waals surface area contributed by atoms with Crippen LogP contribution in [-0.2, 0) is 14.3 Å². The van der Waals surface area contributed by atoms with Gasteiger partial charge in [0, 0.05) is 30.9 Å². The van der Waals surface area contributed by atoms with Crippen LogP contribution in [0.3, 0.4) is 0 Å². The van der Waals surface area contributed by atoms with Crippen molar-refractivity contribution in [2.45, 2.75) is 98.5 Å². The highest BCUT2D eigenvalue weighted by atomic mass is 16.5. The van der Waals surface area contributed by atoms with Gasteiger partial charge in [-0.05, 0) is 97.9 Å². The van der Waals surface area contributed by atoms with Gasteiger partial charge < -0.3 is 4.74 Å². The smallest absolute Gasteiger partial charge is 0.160 e. The molecule has 0 aromatic rings. The Labute approximate surface area is 188 Å². The van der Waals surface area contributed by atoms with E-state index < -0.39 is 0 Å². The van der Waals surface area contributed by atoms with E-state index in [1.165, 1.54) is 25.7 Å². The van der Waals surface area contributed by atoms with Gasteiger partial charge in [-0.15, -0.1) is 0 Å². The Bertz CT molecular complexity index is 839. The Morgan fingerprint density at radius 1 is 1.16 bits per heavy atom. The predicted molar refractivity (Wildman–Crippen MR) is 123 cm³/mol. The van der Waals surface area contributed by atoms with Gasteiger partial charge in [0.25, 0.3) is 0 Å². The van der Waals surface area contributed by atoms with Gasteiger partial charge in [0.05, 0.1) is 6.10 Å². The molecule has 31 heavy (non-hydrogen) atoms. The Morgan fingerprint density at radius 3 is 2.55 bits per heavy atom. The van der Waals surface area contributed by atoms with Crippen molar-refractivity contribution in [2.75, 3.05) is 7.11 Å². The van der Waals surface area contributed by atoms with Gasteiger partial charge in [0.1, 0.15) is 0 Å². The van der Waals surface area contributed by atoms with Crippen LogP contribution in [0.4, 0.5) is 0 Å². The van der Waals surface area contributed by atoms with Crippen molar-refractivity contribution in [3.05, 3.63) is 11.1 Å². The second-order valence-electron chi connectivity index (χ2n) is 12.7. The molecule has 0 aromatic heterocycles. The average Bonchev–Trinajstić information content (AvgIpc) is 3.28. The van der Waals surface area contributed by atoms with Gasteiger partial charge in [-0.3, -0.25) is 9.59 Å². The molecule has 5 aliphatic carbocycles. The maximum absolute atomic E-state index is 13.4. The third-order valence-corrected chi connectivity index (χ3v) is 11.2. The van der Waals surface area contributed by atoms with Crippen molar-refractivity contribution >= 4 is 11.6 Å². The lowest BCUT2D eigenvalue weighted by atomic mass is 9.46. The van der Waals surface area contributed by atoms with Crippen LogP contribution >= 0.6 is 0 Å². The lowest BCUT2D eigenvalue weighted by Gasteiger charge is -2.60. The summed E-state index contributed by atoms with van der Waals surface area (Å²) in [5.41, 5.74) is 2.34. The molecule has 0 radical (unpaired) electrons. The summed E-state index contributed by atoms with van der Waals surface area (Å²) < 4.78 is 6.19. The summed E-state index contributed by atoms with van der Waals surface area (Å²) in [5.74, 6) is 3.50. The van der Waals surface area contributed by atoms with Crippen molar-refractivity contribution in [3.8, 4) is 0 Å². The number of methoxy groups -OCH3 is 1. The summed E-state index contributed by atoms with van der Waals surface area (Å²) in [6.07, 6.45) is 9.94. The van der Waals surface area contributed by atoms with Crippen molar-refractivity contribution in [2.24, 2.45) is 45.8 Å². The molecule has 0 aliphatic heterocycles. The first-order valence-corrected chi connectivity index (χ1v) is 12.9. The SMILES string of the molecule is CO[C@@H]1C[C@H]2[C@@H]3CC(=O)/C(=C(/C)C(=O)CCC(C)C)[C@@]3(C)CC[C@@H]2[C@@]2(C)CC[C@@H]3C[C@]312. The number of fused-ring (bicyclic) bond motifs is 4. The van der Waals surface area contributed by atoms with E-state index >= 15 is 0 Å². The number of ketones is 2. The van der Waals surface area contributed by atoms with E-state index in [-0.39, 0.29) is 17.0 Å². The van der Waals surface area contributed by atoms with E-state index in [4.69, 9.17) is 4.74 Å². The molecule has 3 heteroatoms. The molecule has 3 nitrogen and oxygen atoms in total. The first kappa shape index (κ1) is 21.9. The van der Waals surface area contributed by atoms with E-state index in [2.05, 4.69) is 27.7 Å². The van der Waals surface area contributed by atoms with Crippen molar-refractivity contribution < 1.29 is 14.3 Å². The van der Waals surface area contributed by atoms with Crippen LogP contribution in [0.25, 0.3) is 0 Å². The lowest BCUT2D eigenvalue weighted by Crippen LogP contribution is -2.56. The number of rotatable bonds is 5. The minimum Gasteiger partial charge on any atom is -0.381 e. The van der Waals surface area contributed by atoms with Crippen molar-refractivity contribution in [1.82, 2.24) is 0 Å². The monoisotopic (exact) mass is 426 g/mol. The normalized spacial score (nSPS) is 49.4. The summed E-state index contributed by atoms with van der Waals surface area (Å²) in [4.78, 5) is 26.4. The summed E-state index contributed by atoms with van der Waals surface area (Å²) in [6.45, 7) is 11.1. The number of ether oxygens (including phenoxy) is 1. The fourth-order valence-electron chi connectivity index (χ4n) is 9.59. The molecule has 5 fully saturated rings. The second kappa shape index (κ2) is 7.02. The fraction of sp³-hybridized carbons (Fsp3) is 0.857. The number of Topliss-reactive ketones (excluding diaryl/α,β-unsaturated/α-hetero) is 2. The van der Waals surface area contributed by atoms with Crippen LogP contribution in [0.15, 0.2) is 11.1 Å². The molecule has 0 amide bonds. The number of carbonyl (C=O) groups is 2. The summed E-state index contributed by atoms with van der Waals surface area (Å²) in [6, 6.07) is 0. The molecule has 5 saturated carbocycles. The minimum absolute atomic E-state index is 0.128. The molecule has 0 N–H and O–H groups in total. The molecular formula is C28H42O3. The fourth-order valence-corrected chi connectivity index (χ4v) is 9.59. The maximum atomic E-state index is 13.4. The van der Waals surface area contributed by atoms with Crippen molar-refractivity contribution in [3.63, 3.8) is 0 Å². The first-order valence-electron chi connectivity index (χ1n) is 12.9. The Hall–Kier alpha value is -0.960. The topological polar surface area (TPSA) is 43.4 Å². The number of hydrogen-bond acceptors (Lipinski definition) is 3. The Morgan fingerprint density at radius 2 is 1.90 bits per heavy atom. The minimum atomic E-state index is -0.128. The van der Waals surface area contributed by atoms with E-state index in [1.807, 2.05) is 14.0 Å². The van der Waals surface area contributed by atoms with Crippen LogP contribution in [0.1, 0.15) is 92.4 Å². The molecule has 0 saturated heterocycles. The van der Waals surface area contributed by atoms with Crippen LogP contribution in [-0.4, -0.2) is 24.8 Å². The standard InChI is InChI=1S/C28H42O3/c1-16(2)7-8-22(29)17(3)25-23(30)14-21-19-13-24(31-6)28-15-18(28)9-12-27(28,5)20(19)10-11-26(21,25)4/h16,18-21,24H,7-15H2,1-6H3/b25-17+/t18-,19-,20+,21+,24-,26+,27-,28+/m1/s1. The maximum Gasteiger partial charge on any atom is 0.160 e. The zero-order valence-corrected chi connectivity index (χ0v) is 20.6. The Balaban J connectivity index is 1.48. The largest absolute Gasteiger partial charge is 0.381 e. The average molecular weight is 427 g/mol. The molecule has 8 atom stereocenters. The van der Waals surface area contributed by atoms with Crippen LogP contribution in [0.2, 0.25) is 0 Å². The predicted octanol–water partition coefficient (Wildman–Crippen LogP) is 6.15. The van der Waals surface area contributed by atoms with Gasteiger partial charge >= 0.3 is 0 Å². The molecule has 0 unspecified atom stereocenters. The highest BCUT2D eigenvalue weighted by Gasteiger charge is 2.77. The van der Waals surface area contributed by atoms with Gasteiger partial charge in [-0.1, -0.05) is 27.7 Å². The lowest BCUT2D eigenvalue weighted by molar-refractivity contribution is -0.152. The molecule has 0 heterocycles. The van der Waals surface area contributed by atoms with Gasteiger partial charge in [-0.2, -0.15) is 0 Å². The van der Waals surface area contributed by atoms with Crippen LogP contribution < -0.4 is 0 Å². The molecule has 1 spiro atoms. The number of hydrogen-bond donors (Lipinski definition) is 0. The summed E-state index contributed by atoms with van der Waals surface area (Å²) in [5, 5.41) is 0. The Kier molecular flexibility index (Phi) is 4.95. The molecule has 5 aliphatic rings. The quantitative estimate of drug-likeness (QED) is 0.495. The highest BCUT2D eigenvalue weighted by Crippen LogP contribution is 2.82. The molecule has 0 bridgehead atoms. The van der Waals surface area contributed by atoms with E-state index in [0.717, 1.165) is 36.3 Å². The zero-order valence-electron chi connectivity index (χ0n) is 20.6. The first-order chi connectivity index (χ1) is 14.6. The molecule has 0 aromatic carbocycles. The summed E-state index contributed by atoms with van der Waals surface area (Å²) >= 11 is 0. The van der Waals surface area contributed by atoms with E-state index in [9.17, 15) is 9.59 Å². The summed E-state index contributed by atoms with van der Waals surface area (Å²) in [7, 11) is 1.92. The third-order valence-electron chi connectivity index (χ3n) is 11.2. The van der Waals surface area contributed by atoms with E-state index in [1.54, 1.807) is 0 Å². The van der Waals surface area contributed by atoms with E-state index in [0.29, 0.717) is 53.4 Å². The zero-order chi connectivity index (χ0) is 22.3. The number of carbonyl (C=O) groups excluding carboxylic acids is 2. The number of allylic oxidation sites excluding steroid dienone is 2. The molecule has 5 rings (SSSR count).